The van der Waals surface area contributed by atoms with Gasteiger partial charge < -0.3 is 10.1 Å². The second-order valence-electron chi connectivity index (χ2n) is 5.95. The third kappa shape index (κ3) is 2.41. The standard InChI is InChI=1S/C14H24N2O2S/c1-2-18-12-7-11(14(12)5-3-4-6-14)16-13(17)10-8-19-9-15-10/h10-12,15H,2-9H2,1H3,(H,16,17). The molecule has 1 spiro atoms. The van der Waals surface area contributed by atoms with Gasteiger partial charge in [0, 0.05) is 29.7 Å². The maximum atomic E-state index is 12.2. The van der Waals surface area contributed by atoms with Gasteiger partial charge in [-0.15, -0.1) is 11.8 Å². The smallest absolute Gasteiger partial charge is 0.238 e. The molecule has 2 saturated carbocycles. The van der Waals surface area contributed by atoms with E-state index in [0.717, 1.165) is 24.7 Å². The van der Waals surface area contributed by atoms with E-state index in [2.05, 4.69) is 17.6 Å². The van der Waals surface area contributed by atoms with E-state index >= 15 is 0 Å². The highest BCUT2D eigenvalue weighted by molar-refractivity contribution is 7.99. The predicted molar refractivity (Wildman–Crippen MR) is 77.1 cm³/mol. The highest BCUT2D eigenvalue weighted by Gasteiger charge is 2.57. The van der Waals surface area contributed by atoms with Crippen LogP contribution >= 0.6 is 11.8 Å². The van der Waals surface area contributed by atoms with E-state index in [9.17, 15) is 4.79 Å². The number of nitrogens with one attached hydrogen (secondary N) is 2. The van der Waals surface area contributed by atoms with Gasteiger partial charge in [0.1, 0.15) is 0 Å². The van der Waals surface area contributed by atoms with Crippen LogP contribution < -0.4 is 10.6 Å². The van der Waals surface area contributed by atoms with Gasteiger partial charge in [0.15, 0.2) is 0 Å². The molecule has 2 N–H and O–H groups in total. The molecule has 3 unspecified atom stereocenters. The molecule has 0 aromatic rings. The highest BCUT2D eigenvalue weighted by Crippen LogP contribution is 2.54. The van der Waals surface area contributed by atoms with Crippen LogP contribution in [0.25, 0.3) is 0 Å². The number of amides is 1. The number of hydrogen-bond donors (Lipinski definition) is 2. The summed E-state index contributed by atoms with van der Waals surface area (Å²) in [5, 5.41) is 6.53. The molecule has 3 fully saturated rings. The fourth-order valence-corrected chi connectivity index (χ4v) is 4.87. The summed E-state index contributed by atoms with van der Waals surface area (Å²) >= 11 is 1.80. The monoisotopic (exact) mass is 284 g/mol. The number of rotatable bonds is 4. The molecule has 1 heterocycles. The zero-order chi connectivity index (χ0) is 13.3. The molecule has 4 nitrogen and oxygen atoms in total. The van der Waals surface area contributed by atoms with E-state index < -0.39 is 0 Å². The lowest BCUT2D eigenvalue weighted by Gasteiger charge is -2.54. The first-order chi connectivity index (χ1) is 9.26. The van der Waals surface area contributed by atoms with Gasteiger partial charge in [-0.05, 0) is 26.2 Å². The molecule has 108 valence electrons. The molecule has 19 heavy (non-hydrogen) atoms. The van der Waals surface area contributed by atoms with Crippen LogP contribution in [0, 0.1) is 5.41 Å². The van der Waals surface area contributed by atoms with E-state index in [1.165, 1.54) is 25.7 Å². The van der Waals surface area contributed by atoms with Gasteiger partial charge in [0.25, 0.3) is 0 Å². The largest absolute Gasteiger partial charge is 0.378 e. The van der Waals surface area contributed by atoms with Crippen LogP contribution in [0.15, 0.2) is 0 Å². The van der Waals surface area contributed by atoms with Gasteiger partial charge >= 0.3 is 0 Å². The Morgan fingerprint density at radius 3 is 2.89 bits per heavy atom. The van der Waals surface area contributed by atoms with Crippen LogP contribution in [0.5, 0.6) is 0 Å². The van der Waals surface area contributed by atoms with Crippen molar-refractivity contribution in [2.75, 3.05) is 18.2 Å². The van der Waals surface area contributed by atoms with E-state index in [1.54, 1.807) is 11.8 Å². The summed E-state index contributed by atoms with van der Waals surface area (Å²) in [4.78, 5) is 12.2. The first kappa shape index (κ1) is 13.7. The maximum absolute atomic E-state index is 12.2. The van der Waals surface area contributed by atoms with E-state index in [0.29, 0.717) is 12.1 Å². The topological polar surface area (TPSA) is 50.4 Å². The average molecular weight is 284 g/mol. The SMILES string of the molecule is CCOC1CC(NC(=O)C2CSCN2)C12CCCC2. The normalized spacial score (nSPS) is 36.4. The maximum Gasteiger partial charge on any atom is 0.238 e. The third-order valence-electron chi connectivity index (χ3n) is 5.04. The minimum Gasteiger partial charge on any atom is -0.378 e. The summed E-state index contributed by atoms with van der Waals surface area (Å²) in [6.45, 7) is 2.85. The quantitative estimate of drug-likeness (QED) is 0.821. The molecule has 2 aliphatic carbocycles. The zero-order valence-corrected chi connectivity index (χ0v) is 12.4. The number of carbonyl (C=O) groups is 1. The van der Waals surface area contributed by atoms with Crippen LogP contribution in [0.4, 0.5) is 0 Å². The lowest BCUT2D eigenvalue weighted by molar-refractivity contribution is -0.144. The van der Waals surface area contributed by atoms with Crippen molar-refractivity contribution in [1.29, 1.82) is 0 Å². The minimum atomic E-state index is 0.00889. The Hall–Kier alpha value is -0.260. The first-order valence-corrected chi connectivity index (χ1v) is 8.65. The Morgan fingerprint density at radius 2 is 2.26 bits per heavy atom. The summed E-state index contributed by atoms with van der Waals surface area (Å²) in [6, 6.07) is 0.348. The Balaban J connectivity index is 1.60. The summed E-state index contributed by atoms with van der Waals surface area (Å²) in [5.41, 5.74) is 0.247. The number of thioether (sulfide) groups is 1. The summed E-state index contributed by atoms with van der Waals surface area (Å²) in [7, 11) is 0. The molecule has 0 aromatic heterocycles. The van der Waals surface area contributed by atoms with Crippen molar-refractivity contribution >= 4 is 17.7 Å². The van der Waals surface area contributed by atoms with Crippen molar-refractivity contribution in [2.45, 2.75) is 57.2 Å². The van der Waals surface area contributed by atoms with Gasteiger partial charge in [-0.1, -0.05) is 12.8 Å². The fraction of sp³-hybridized carbons (Fsp3) is 0.929. The number of ether oxygens (including phenoxy) is 1. The predicted octanol–water partition coefficient (Wildman–Crippen LogP) is 1.50. The number of hydrogen-bond acceptors (Lipinski definition) is 4. The molecule has 1 amide bonds. The Morgan fingerprint density at radius 1 is 1.47 bits per heavy atom. The summed E-state index contributed by atoms with van der Waals surface area (Å²) in [6.07, 6.45) is 6.38. The van der Waals surface area contributed by atoms with Crippen molar-refractivity contribution in [2.24, 2.45) is 5.41 Å². The fourth-order valence-electron chi connectivity index (χ4n) is 3.92. The molecule has 0 bridgehead atoms. The van der Waals surface area contributed by atoms with Crippen molar-refractivity contribution in [1.82, 2.24) is 10.6 Å². The molecule has 3 atom stereocenters. The summed E-state index contributed by atoms with van der Waals surface area (Å²) in [5.74, 6) is 1.99. The van der Waals surface area contributed by atoms with E-state index in [4.69, 9.17) is 4.74 Å². The molecule has 1 aliphatic heterocycles. The Bertz CT molecular complexity index is 338. The minimum absolute atomic E-state index is 0.00889. The van der Waals surface area contributed by atoms with Crippen LogP contribution in [-0.2, 0) is 9.53 Å². The van der Waals surface area contributed by atoms with Crippen molar-refractivity contribution in [3.05, 3.63) is 0 Å². The van der Waals surface area contributed by atoms with Crippen molar-refractivity contribution in [3.63, 3.8) is 0 Å². The second-order valence-corrected chi connectivity index (χ2v) is 6.98. The third-order valence-corrected chi connectivity index (χ3v) is 5.98. The second kappa shape index (κ2) is 5.62. The zero-order valence-electron chi connectivity index (χ0n) is 11.6. The van der Waals surface area contributed by atoms with Crippen LogP contribution in [0.2, 0.25) is 0 Å². The lowest BCUT2D eigenvalue weighted by Crippen LogP contribution is -2.65. The molecule has 1 saturated heterocycles. The lowest BCUT2D eigenvalue weighted by atomic mass is 9.60. The van der Waals surface area contributed by atoms with Crippen molar-refractivity contribution in [3.8, 4) is 0 Å². The molecular formula is C14H24N2O2S. The van der Waals surface area contributed by atoms with Gasteiger partial charge in [-0.3, -0.25) is 10.1 Å². The van der Waals surface area contributed by atoms with E-state index in [-0.39, 0.29) is 17.4 Å². The van der Waals surface area contributed by atoms with Gasteiger partial charge in [0.2, 0.25) is 5.91 Å². The van der Waals surface area contributed by atoms with E-state index in [1.807, 2.05) is 0 Å². The van der Waals surface area contributed by atoms with Crippen molar-refractivity contribution < 1.29 is 9.53 Å². The van der Waals surface area contributed by atoms with Crippen LogP contribution in [-0.4, -0.2) is 42.3 Å². The van der Waals surface area contributed by atoms with Gasteiger partial charge in [-0.25, -0.2) is 0 Å². The highest BCUT2D eigenvalue weighted by atomic mass is 32.2. The molecular weight excluding hydrogens is 260 g/mol. The molecule has 5 heteroatoms. The van der Waals surface area contributed by atoms with Crippen LogP contribution in [0.1, 0.15) is 39.0 Å². The Labute approximate surface area is 119 Å². The molecule has 0 radical (unpaired) electrons. The molecule has 0 aromatic carbocycles. The molecule has 3 aliphatic rings. The summed E-state index contributed by atoms with van der Waals surface area (Å²) < 4.78 is 5.88. The van der Waals surface area contributed by atoms with Gasteiger partial charge in [-0.2, -0.15) is 0 Å². The van der Waals surface area contributed by atoms with Crippen LogP contribution in [0.3, 0.4) is 0 Å². The molecule has 3 rings (SSSR count). The first-order valence-electron chi connectivity index (χ1n) is 7.49. The number of carbonyl (C=O) groups excluding carboxylic acids is 1. The van der Waals surface area contributed by atoms with Gasteiger partial charge in [0.05, 0.1) is 12.1 Å². The average Bonchev–Trinajstić information content (AvgIpc) is 3.09. The Kier molecular flexibility index (Phi) is 4.06.